The molecular formula is C16H22ClF. The molecule has 0 saturated heterocycles. The molecule has 1 aromatic carbocycles. The van der Waals surface area contributed by atoms with Crippen molar-refractivity contribution in [3.8, 4) is 0 Å². The minimum absolute atomic E-state index is 0.203. The fourth-order valence-electron chi connectivity index (χ4n) is 3.19. The Morgan fingerprint density at radius 3 is 2.50 bits per heavy atom. The van der Waals surface area contributed by atoms with E-state index < -0.39 is 0 Å². The van der Waals surface area contributed by atoms with Crippen molar-refractivity contribution in [3.05, 3.63) is 34.6 Å². The summed E-state index contributed by atoms with van der Waals surface area (Å²) in [5.74, 6) is 0.474. The summed E-state index contributed by atoms with van der Waals surface area (Å²) in [7, 11) is 0. The van der Waals surface area contributed by atoms with Crippen LogP contribution in [-0.4, -0.2) is 0 Å². The molecule has 100 valence electrons. The molecular weight excluding hydrogens is 247 g/mol. The molecule has 0 amide bonds. The quantitative estimate of drug-likeness (QED) is 0.654. The summed E-state index contributed by atoms with van der Waals surface area (Å²) >= 11 is 6.27. The van der Waals surface area contributed by atoms with Gasteiger partial charge < -0.3 is 0 Å². The SMILES string of the molecule is CC(C)CCC1(c2ccc(F)cc2Cl)CCCC1. The Morgan fingerprint density at radius 2 is 1.94 bits per heavy atom. The number of halogens is 2. The first-order valence-electron chi connectivity index (χ1n) is 6.99. The smallest absolute Gasteiger partial charge is 0.124 e. The first kappa shape index (κ1) is 13.9. The molecule has 1 fully saturated rings. The van der Waals surface area contributed by atoms with Crippen molar-refractivity contribution >= 4 is 11.6 Å². The number of hydrogen-bond donors (Lipinski definition) is 0. The topological polar surface area (TPSA) is 0 Å². The van der Waals surface area contributed by atoms with Crippen molar-refractivity contribution in [2.75, 3.05) is 0 Å². The number of benzene rings is 1. The van der Waals surface area contributed by atoms with Gasteiger partial charge in [-0.2, -0.15) is 0 Å². The van der Waals surface area contributed by atoms with E-state index in [2.05, 4.69) is 13.8 Å². The van der Waals surface area contributed by atoms with E-state index in [1.165, 1.54) is 50.2 Å². The lowest BCUT2D eigenvalue weighted by molar-refractivity contribution is 0.363. The highest BCUT2D eigenvalue weighted by Gasteiger charge is 2.36. The molecule has 2 heteroatoms. The average Bonchev–Trinajstić information content (AvgIpc) is 2.76. The van der Waals surface area contributed by atoms with Crippen molar-refractivity contribution in [2.45, 2.75) is 57.8 Å². The Kier molecular flexibility index (Phi) is 4.32. The summed E-state index contributed by atoms with van der Waals surface area (Å²) in [5.41, 5.74) is 1.37. The second-order valence-corrected chi connectivity index (χ2v) is 6.45. The van der Waals surface area contributed by atoms with Gasteiger partial charge in [0.05, 0.1) is 0 Å². The van der Waals surface area contributed by atoms with Crippen LogP contribution >= 0.6 is 11.6 Å². The predicted octanol–water partition coefficient (Wildman–Crippen LogP) is 5.73. The second kappa shape index (κ2) is 5.61. The van der Waals surface area contributed by atoms with Gasteiger partial charge in [-0.25, -0.2) is 4.39 Å². The third-order valence-corrected chi connectivity index (χ3v) is 4.58. The van der Waals surface area contributed by atoms with Gasteiger partial charge in [0.1, 0.15) is 5.82 Å². The van der Waals surface area contributed by atoms with E-state index in [1.807, 2.05) is 6.07 Å². The molecule has 1 saturated carbocycles. The maximum Gasteiger partial charge on any atom is 0.124 e. The first-order chi connectivity index (χ1) is 8.53. The zero-order valence-corrected chi connectivity index (χ0v) is 12.1. The molecule has 0 radical (unpaired) electrons. The van der Waals surface area contributed by atoms with Crippen molar-refractivity contribution in [1.82, 2.24) is 0 Å². The van der Waals surface area contributed by atoms with Crippen LogP contribution in [0.25, 0.3) is 0 Å². The van der Waals surface area contributed by atoms with Crippen molar-refractivity contribution in [2.24, 2.45) is 5.92 Å². The maximum atomic E-state index is 13.2. The van der Waals surface area contributed by atoms with E-state index in [4.69, 9.17) is 11.6 Å². The first-order valence-corrected chi connectivity index (χ1v) is 7.37. The summed E-state index contributed by atoms with van der Waals surface area (Å²) in [5, 5.41) is 0.612. The molecule has 0 nitrogen and oxygen atoms in total. The maximum absolute atomic E-state index is 13.2. The molecule has 0 aromatic heterocycles. The minimum Gasteiger partial charge on any atom is -0.207 e. The standard InChI is InChI=1S/C16H22ClF/c1-12(2)7-10-16(8-3-4-9-16)14-6-5-13(18)11-15(14)17/h5-6,11-12H,3-4,7-10H2,1-2H3. The number of rotatable bonds is 4. The summed E-state index contributed by atoms with van der Waals surface area (Å²) in [6.45, 7) is 4.52. The van der Waals surface area contributed by atoms with Crippen LogP contribution in [0, 0.1) is 11.7 Å². The molecule has 0 spiro atoms. The van der Waals surface area contributed by atoms with Gasteiger partial charge >= 0.3 is 0 Å². The molecule has 0 heterocycles. The van der Waals surface area contributed by atoms with Crippen LogP contribution < -0.4 is 0 Å². The van der Waals surface area contributed by atoms with Gasteiger partial charge in [0.15, 0.2) is 0 Å². The van der Waals surface area contributed by atoms with Crippen molar-refractivity contribution < 1.29 is 4.39 Å². The second-order valence-electron chi connectivity index (χ2n) is 6.04. The third-order valence-electron chi connectivity index (χ3n) is 4.26. The van der Waals surface area contributed by atoms with Crippen LogP contribution in [0.15, 0.2) is 18.2 Å². The Hall–Kier alpha value is -0.560. The van der Waals surface area contributed by atoms with Gasteiger partial charge in [0.25, 0.3) is 0 Å². The largest absolute Gasteiger partial charge is 0.207 e. The highest BCUT2D eigenvalue weighted by atomic mass is 35.5. The molecule has 0 aliphatic heterocycles. The predicted molar refractivity (Wildman–Crippen MR) is 75.6 cm³/mol. The Labute approximate surface area is 115 Å². The molecule has 0 N–H and O–H groups in total. The van der Waals surface area contributed by atoms with Gasteiger partial charge in [-0.05, 0) is 48.3 Å². The molecule has 0 atom stereocenters. The van der Waals surface area contributed by atoms with Crippen LogP contribution in [0.3, 0.4) is 0 Å². The van der Waals surface area contributed by atoms with Crippen LogP contribution in [0.4, 0.5) is 4.39 Å². The van der Waals surface area contributed by atoms with Crippen LogP contribution in [0.2, 0.25) is 5.02 Å². The monoisotopic (exact) mass is 268 g/mol. The van der Waals surface area contributed by atoms with E-state index in [1.54, 1.807) is 6.07 Å². The van der Waals surface area contributed by atoms with E-state index in [0.29, 0.717) is 10.9 Å². The van der Waals surface area contributed by atoms with Crippen molar-refractivity contribution in [3.63, 3.8) is 0 Å². The van der Waals surface area contributed by atoms with E-state index in [-0.39, 0.29) is 11.2 Å². The number of hydrogen-bond acceptors (Lipinski definition) is 0. The molecule has 18 heavy (non-hydrogen) atoms. The molecule has 1 aliphatic carbocycles. The zero-order chi connectivity index (χ0) is 13.2. The lowest BCUT2D eigenvalue weighted by atomic mass is 9.74. The molecule has 0 bridgehead atoms. The van der Waals surface area contributed by atoms with E-state index >= 15 is 0 Å². The molecule has 1 aromatic rings. The Morgan fingerprint density at radius 1 is 1.28 bits per heavy atom. The lowest BCUT2D eigenvalue weighted by Gasteiger charge is -2.31. The summed E-state index contributed by atoms with van der Waals surface area (Å²) in [6, 6.07) is 4.92. The molecule has 1 aliphatic rings. The summed E-state index contributed by atoms with van der Waals surface area (Å²) < 4.78 is 13.2. The van der Waals surface area contributed by atoms with E-state index in [9.17, 15) is 4.39 Å². The summed E-state index contributed by atoms with van der Waals surface area (Å²) in [4.78, 5) is 0. The highest BCUT2D eigenvalue weighted by Crippen LogP contribution is 2.47. The van der Waals surface area contributed by atoms with Gasteiger partial charge in [0, 0.05) is 5.02 Å². The Balaban J connectivity index is 2.28. The third kappa shape index (κ3) is 2.88. The fraction of sp³-hybridized carbons (Fsp3) is 0.625. The average molecular weight is 269 g/mol. The minimum atomic E-state index is -0.235. The highest BCUT2D eigenvalue weighted by molar-refractivity contribution is 6.31. The van der Waals surface area contributed by atoms with E-state index in [0.717, 1.165) is 0 Å². The lowest BCUT2D eigenvalue weighted by Crippen LogP contribution is -2.23. The van der Waals surface area contributed by atoms with Gasteiger partial charge in [0.2, 0.25) is 0 Å². The zero-order valence-electron chi connectivity index (χ0n) is 11.3. The van der Waals surface area contributed by atoms with Crippen LogP contribution in [-0.2, 0) is 5.41 Å². The van der Waals surface area contributed by atoms with Crippen LogP contribution in [0.1, 0.15) is 57.9 Å². The van der Waals surface area contributed by atoms with Gasteiger partial charge in [-0.15, -0.1) is 0 Å². The molecule has 2 rings (SSSR count). The van der Waals surface area contributed by atoms with Crippen LogP contribution in [0.5, 0.6) is 0 Å². The van der Waals surface area contributed by atoms with Gasteiger partial charge in [-0.3, -0.25) is 0 Å². The molecule has 0 unspecified atom stereocenters. The summed E-state index contributed by atoms with van der Waals surface area (Å²) in [6.07, 6.45) is 7.33. The normalized spacial score (nSPS) is 18.5. The fourth-order valence-corrected chi connectivity index (χ4v) is 3.56. The van der Waals surface area contributed by atoms with Gasteiger partial charge in [-0.1, -0.05) is 50.8 Å². The Bertz CT molecular complexity index is 406. The van der Waals surface area contributed by atoms with Crippen molar-refractivity contribution in [1.29, 1.82) is 0 Å².